The predicted molar refractivity (Wildman–Crippen MR) is 507 cm³/mol. The summed E-state index contributed by atoms with van der Waals surface area (Å²) in [5.41, 5.74) is 30.7. The number of carbonyl (C=O) groups excluding carboxylic acids is 2. The van der Waals surface area contributed by atoms with Crippen molar-refractivity contribution in [2.45, 2.75) is 77.3 Å². The topological polar surface area (TPSA) is 228 Å². The van der Waals surface area contributed by atoms with Crippen LogP contribution in [0.2, 0.25) is 0 Å². The number of nitrogens with one attached hydrogen (secondary N) is 8. The van der Waals surface area contributed by atoms with Gasteiger partial charge in [0, 0.05) is 224 Å². The number of fused-ring (bicyclic) bond motifs is 16. The Balaban J connectivity index is 0.00000239. The number of hydrogen-bond donors (Lipinski definition) is 8. The van der Waals surface area contributed by atoms with E-state index in [9.17, 15) is 9.59 Å². The number of nitrogens with zero attached hydrogens (tertiary/aromatic N) is 12. The van der Waals surface area contributed by atoms with Gasteiger partial charge >= 0.3 is 0 Å². The van der Waals surface area contributed by atoms with Crippen LogP contribution in [-0.4, -0.2) is 91.0 Å². The van der Waals surface area contributed by atoms with Crippen molar-refractivity contribution >= 4 is 105 Å². The maximum absolute atomic E-state index is 13.0. The van der Waals surface area contributed by atoms with E-state index in [4.69, 9.17) is 19.9 Å². The summed E-state index contributed by atoms with van der Waals surface area (Å²) < 4.78 is 16.7. The molecule has 30 heteroatoms. The third-order valence-corrected chi connectivity index (χ3v) is 24.3. The molecule has 0 saturated carbocycles. The van der Waals surface area contributed by atoms with Crippen LogP contribution in [0.1, 0.15) is 110 Å². The first kappa shape index (κ1) is 109. The normalized spacial score (nSPS) is 11.4. The second-order valence-corrected chi connectivity index (χ2v) is 33.7. The number of unbranched alkanes of at least 4 members (excludes halogenated alkanes) is 3. The molecule has 0 unspecified atom stereocenters. The Labute approximate surface area is 917 Å². The van der Waals surface area contributed by atoms with Gasteiger partial charge in [-0.25, -0.2) is 56.5 Å². The van der Waals surface area contributed by atoms with Crippen molar-refractivity contribution in [3.05, 3.63) is 290 Å². The van der Waals surface area contributed by atoms with Crippen LogP contribution >= 0.6 is 0 Å². The Morgan fingerprint density at radius 2 is 0.412 bits per heavy atom. The zero-order chi connectivity index (χ0) is 87.4. The molecule has 4 aliphatic rings. The lowest BCUT2D eigenvalue weighted by Crippen LogP contribution is -3.00. The molecule has 14 aromatic heterocycles. The van der Waals surface area contributed by atoms with Gasteiger partial charge in [0.1, 0.15) is 55.4 Å². The highest BCUT2D eigenvalue weighted by molar-refractivity contribution is 6.03. The number of amides is 2. The lowest BCUT2D eigenvalue weighted by atomic mass is 10.0. The molecule has 0 atom stereocenters. The van der Waals surface area contributed by atoms with E-state index in [0.717, 1.165) is 269 Å². The van der Waals surface area contributed by atoms with Crippen molar-refractivity contribution in [2.75, 3.05) is 39.3 Å². The second-order valence-electron chi connectivity index (χ2n) is 33.7. The molecule has 22 nitrogen and oxygen atoms in total. The molecule has 702 valence electrons. The molecule has 18 heterocycles. The molecule has 0 aliphatic carbocycles. The Hall–Kier alpha value is -9.40. The molecule has 0 saturated heterocycles. The summed E-state index contributed by atoms with van der Waals surface area (Å²) in [5, 5.41) is 13.4. The van der Waals surface area contributed by atoms with Gasteiger partial charge < -0.3 is 219 Å². The fourth-order valence-corrected chi connectivity index (χ4v) is 17.4. The summed E-state index contributed by atoms with van der Waals surface area (Å²) in [6.45, 7) is 6.44. The van der Waals surface area contributed by atoms with Crippen LogP contribution in [0.5, 0.6) is 0 Å². The Kier molecular flexibility index (Phi) is 41.1. The molecule has 18 rings (SSSR count). The van der Waals surface area contributed by atoms with Crippen molar-refractivity contribution in [1.29, 1.82) is 0 Å². The summed E-state index contributed by atoms with van der Waals surface area (Å²) in [6.07, 6.45) is 58.7. The lowest BCUT2D eigenvalue weighted by molar-refractivity contribution is -0.697. The van der Waals surface area contributed by atoms with Gasteiger partial charge in [-0.2, -0.15) is 0 Å². The molecular weight excluding hydrogens is 2510 g/mol. The number of hydrogen-bond acceptors (Lipinski definition) is 8. The van der Waals surface area contributed by atoms with Crippen molar-refractivity contribution in [3.8, 4) is 89.0 Å². The predicted octanol–water partition coefficient (Wildman–Crippen LogP) is -9.47. The largest absolute Gasteiger partial charge is 1.00 e. The SMILES string of the molecule is C[n+]1ccc(-c2c3nc(c(-c4cc[n+](C)cc4)c4ccc([nH]4)c(-c4cc[n+](CCCCC(=O)NCCCNCCCCNCCCNC(=O)CCCC[n+]5ccc(-c6c7nc(c(-c8cc[n+](C)cc8)c8ccc([nH]8)c(-c8cc[n+](C)cc8)c8nc(c(-c9cc[n+](C)cc9)c9ccc6[nH]9)C=C8)C=C7)cc5)cc4)c4nc(c(-c5cc[n+](C)cc5)c5ccc2[nH]5)C=C4)C=C3)cc1.[Br-].[Br-].[I-].[I-].[I-].[I-].[I-].[I-]. The lowest BCUT2D eigenvalue weighted by Gasteiger charge is -2.08. The van der Waals surface area contributed by atoms with Crippen LogP contribution in [0, 0.1) is 0 Å². The van der Waals surface area contributed by atoms with Crippen LogP contribution in [0.3, 0.4) is 0 Å². The van der Waals surface area contributed by atoms with Crippen molar-refractivity contribution in [3.63, 3.8) is 0 Å². The molecule has 4 aliphatic heterocycles. The van der Waals surface area contributed by atoms with Crippen LogP contribution < -0.4 is 236 Å². The number of rotatable bonds is 31. The van der Waals surface area contributed by atoms with Gasteiger partial charge in [-0.05, 0) is 206 Å². The van der Waals surface area contributed by atoms with Gasteiger partial charge in [-0.1, -0.05) is 0 Å². The van der Waals surface area contributed by atoms with Crippen LogP contribution in [0.4, 0.5) is 0 Å². The van der Waals surface area contributed by atoms with Gasteiger partial charge in [-0.3, -0.25) is 9.59 Å². The highest BCUT2D eigenvalue weighted by Crippen LogP contribution is 2.42. The summed E-state index contributed by atoms with van der Waals surface area (Å²) >= 11 is 0. The summed E-state index contributed by atoms with van der Waals surface area (Å²) in [7, 11) is 12.2. The number of H-pyrrole nitrogens is 4. The van der Waals surface area contributed by atoms with Crippen LogP contribution in [-0.2, 0) is 65.0 Å². The zero-order valence-electron chi connectivity index (χ0n) is 76.6. The maximum Gasteiger partial charge on any atom is 0.219 e. The summed E-state index contributed by atoms with van der Waals surface area (Å²) in [4.78, 5) is 63.5. The average Bonchev–Trinajstić information content (AvgIpc) is 1.62. The van der Waals surface area contributed by atoms with Gasteiger partial charge in [0.05, 0.1) is 45.6 Å². The minimum atomic E-state index is 0. The molecule has 0 radical (unpaired) electrons. The first-order valence-corrected chi connectivity index (χ1v) is 44.7. The highest BCUT2D eigenvalue weighted by Gasteiger charge is 2.25. The van der Waals surface area contributed by atoms with Gasteiger partial charge in [-0.15, -0.1) is 0 Å². The number of aryl methyl sites for hydroxylation is 8. The van der Waals surface area contributed by atoms with Crippen molar-refractivity contribution < 1.29 is 224 Å². The van der Waals surface area contributed by atoms with E-state index in [1.165, 1.54) is 0 Å². The van der Waals surface area contributed by atoms with E-state index in [0.29, 0.717) is 25.9 Å². The smallest absolute Gasteiger partial charge is 0.219 e. The molecule has 2 amide bonds. The Morgan fingerprint density at radius 3 is 0.603 bits per heavy atom. The molecule has 0 aromatic carbocycles. The molecule has 0 spiro atoms. The maximum atomic E-state index is 13.0. The number of aromatic amines is 4. The number of aromatic nitrogens is 16. The third kappa shape index (κ3) is 26.2. The number of carbonyl (C=O) groups is 2. The molecule has 8 N–H and O–H groups in total. The van der Waals surface area contributed by atoms with E-state index in [1.54, 1.807) is 0 Å². The molecule has 16 bridgehead atoms. The minimum absolute atomic E-state index is 0. The first-order valence-electron chi connectivity index (χ1n) is 44.7. The molecule has 136 heavy (non-hydrogen) atoms. The second kappa shape index (κ2) is 51.5. The van der Waals surface area contributed by atoms with E-state index in [-0.39, 0.29) is 190 Å². The molecular formula is C106H110Br2I6N20O2. The molecule has 0 fully saturated rings. The monoisotopic (exact) mass is 2610 g/mol. The van der Waals surface area contributed by atoms with Gasteiger partial charge in [0.2, 0.25) is 11.8 Å². The van der Waals surface area contributed by atoms with Crippen molar-refractivity contribution in [1.82, 2.24) is 61.1 Å². The van der Waals surface area contributed by atoms with E-state index < -0.39 is 0 Å². The highest BCUT2D eigenvalue weighted by atomic mass is 127. The summed E-state index contributed by atoms with van der Waals surface area (Å²) in [6, 6.07) is 51.8. The van der Waals surface area contributed by atoms with Crippen LogP contribution in [0.25, 0.3) is 182 Å². The average molecular weight is 2620 g/mol. The quantitative estimate of drug-likeness (QED) is 0.0118. The number of halogens is 8. The fraction of sp³-hybridized carbons (Fsp3) is 0.226. The number of pyridine rings is 8. The first-order chi connectivity index (χ1) is 62.7. The summed E-state index contributed by atoms with van der Waals surface area (Å²) in [5.74, 6) is 0.189. The minimum Gasteiger partial charge on any atom is -1.00 e. The van der Waals surface area contributed by atoms with Crippen LogP contribution in [0.15, 0.2) is 245 Å². The van der Waals surface area contributed by atoms with Crippen molar-refractivity contribution in [2.24, 2.45) is 42.3 Å². The Bertz CT molecular complexity index is 6490. The van der Waals surface area contributed by atoms with Gasteiger partial charge in [0.25, 0.3) is 0 Å². The third-order valence-electron chi connectivity index (χ3n) is 24.3. The van der Waals surface area contributed by atoms with E-state index >= 15 is 0 Å². The molecule has 14 aromatic rings. The fourth-order valence-electron chi connectivity index (χ4n) is 17.4. The standard InChI is InChI=1S/C106H106N20O2.2BrH.6HI/c1-119-57-33-73(34-58-119)99-81-17-21-85(111-81)101(75-37-61-121(3)62-38-75)89-25-29-93(115-89)105(94-30-26-90(116-94)102(86-22-18-82(99)112-86)76-39-63-122(4)64-40-76)79-45-69-125(70-46-79)55-11-7-15-97(127)109-53-13-51-107-49-9-10-50-108-52-14-54-110-98(128)16-8-12-56-126-71-47-80(48-72-126)106-95-31-27-91(117-95)103(77-41-65-123(5)66-42-77)87-23-19-83(113-87)100(74-35-59-120(2)60-36-74)84-20-24-88(114-84)104(92-28-32-96(106)118-92)78-43-67-124(6)68-44-78;;;;;;;;/h17-48,57-72,107-108H,7-16,49-56H2,1-6H3,(H2-2,109,110,111,112,113,114,115,116,117,118,127,128);8*1H/q+4;;;;;;;;/p-4. The van der Waals surface area contributed by atoms with E-state index in [1.807, 2.05) is 69.7 Å². The van der Waals surface area contributed by atoms with E-state index in [2.05, 4.69) is 344 Å². The Morgan fingerprint density at radius 1 is 0.235 bits per heavy atom. The van der Waals surface area contributed by atoms with Gasteiger partial charge in [0.15, 0.2) is 99.1 Å². The zero-order valence-corrected chi connectivity index (χ0v) is 92.8.